The van der Waals surface area contributed by atoms with Gasteiger partial charge in [-0.2, -0.15) is 0 Å². The maximum absolute atomic E-state index is 10.6. The molecule has 0 spiro atoms. The summed E-state index contributed by atoms with van der Waals surface area (Å²) < 4.78 is 0. The van der Waals surface area contributed by atoms with Gasteiger partial charge in [-0.25, -0.2) is 9.59 Å². The summed E-state index contributed by atoms with van der Waals surface area (Å²) in [5.74, 6) is 0.981. The number of piperazine rings is 1. The van der Waals surface area contributed by atoms with E-state index in [9.17, 15) is 14.4 Å². The fourth-order valence-corrected chi connectivity index (χ4v) is 3.54. The Morgan fingerprint density at radius 1 is 0.742 bits per heavy atom. The van der Waals surface area contributed by atoms with E-state index in [-0.39, 0.29) is 12.3 Å². The number of carboxylic acids is 1. The highest BCUT2D eigenvalue weighted by molar-refractivity contribution is 5.66. The molecule has 31 heavy (non-hydrogen) atoms. The Morgan fingerprint density at radius 2 is 1.16 bits per heavy atom. The lowest BCUT2D eigenvalue weighted by Gasteiger charge is -2.35. The lowest BCUT2D eigenvalue weighted by atomic mass is 9.87. The molecule has 0 radical (unpaired) electrons. The zero-order chi connectivity index (χ0) is 24.1. The van der Waals surface area contributed by atoms with Crippen molar-refractivity contribution in [3.63, 3.8) is 0 Å². The van der Waals surface area contributed by atoms with Crippen LogP contribution in [0.2, 0.25) is 0 Å². The minimum atomic E-state index is -0.793. The van der Waals surface area contributed by atoms with Gasteiger partial charge in [0.1, 0.15) is 0 Å². The predicted octanol–water partition coefficient (Wildman–Crippen LogP) is 3.84. The molecular formula is C22H43N3O6. The number of amides is 2. The third kappa shape index (κ3) is 13.1. The number of likely N-dealkylation sites (tertiary alicyclic amines) is 1. The highest BCUT2D eigenvalue weighted by atomic mass is 16.4. The minimum absolute atomic E-state index is 0.275. The van der Waals surface area contributed by atoms with Crippen LogP contribution in [0.4, 0.5) is 9.59 Å². The number of carbonyl (C=O) groups is 3. The summed E-state index contributed by atoms with van der Waals surface area (Å²) in [6, 6.07) is 0.529. The highest BCUT2D eigenvalue weighted by Crippen LogP contribution is 2.24. The molecule has 0 aliphatic carbocycles. The molecule has 2 aliphatic rings. The third-order valence-corrected chi connectivity index (χ3v) is 5.65. The van der Waals surface area contributed by atoms with Crippen LogP contribution in [0.1, 0.15) is 60.8 Å². The molecule has 0 aromatic heterocycles. The molecule has 0 bridgehead atoms. The van der Waals surface area contributed by atoms with E-state index in [1.165, 1.54) is 9.80 Å². The zero-order valence-corrected chi connectivity index (χ0v) is 20.1. The fraction of sp³-hybridized carbons (Fsp3) is 0.864. The van der Waals surface area contributed by atoms with Crippen molar-refractivity contribution in [2.24, 2.45) is 17.8 Å². The standard InChI is InChI=1S/C9H17NO2.C8H16N2O2.C5H10O2/c1-7(2)8-3-5-10(6-4-8)9(11)12;1-7(2)9-3-5-10(6-4-9)8(11)12;1-4(2)3-5(6)7/h7-8H,3-6H2,1-2H3,(H,11,12);7H,3-6H2,1-2H3,(H,11,12);4H,3H2,1-2H3,(H,6,7). The summed E-state index contributed by atoms with van der Waals surface area (Å²) in [5.41, 5.74) is 0. The van der Waals surface area contributed by atoms with Gasteiger partial charge in [0.15, 0.2) is 0 Å². The predicted molar refractivity (Wildman–Crippen MR) is 121 cm³/mol. The van der Waals surface area contributed by atoms with Gasteiger partial charge in [0, 0.05) is 51.7 Å². The van der Waals surface area contributed by atoms with Gasteiger partial charge in [-0.05, 0) is 44.4 Å². The van der Waals surface area contributed by atoms with Gasteiger partial charge in [-0.15, -0.1) is 0 Å². The number of rotatable bonds is 4. The lowest BCUT2D eigenvalue weighted by Crippen LogP contribution is -2.50. The molecule has 3 N–H and O–H groups in total. The SMILES string of the molecule is CC(C)C1CCN(C(=O)O)CC1.CC(C)CC(=O)O.CC(C)N1CCN(C(=O)O)CC1. The summed E-state index contributed by atoms with van der Waals surface area (Å²) in [4.78, 5) is 36.2. The molecule has 2 heterocycles. The van der Waals surface area contributed by atoms with Gasteiger partial charge in [-0.1, -0.05) is 27.7 Å². The summed E-state index contributed by atoms with van der Waals surface area (Å²) in [6.07, 6.45) is 0.782. The lowest BCUT2D eigenvalue weighted by molar-refractivity contribution is -0.137. The van der Waals surface area contributed by atoms with E-state index in [1.54, 1.807) is 0 Å². The van der Waals surface area contributed by atoms with Crippen molar-refractivity contribution >= 4 is 18.2 Å². The Hall–Kier alpha value is -2.03. The van der Waals surface area contributed by atoms with Crippen molar-refractivity contribution in [2.75, 3.05) is 39.3 Å². The molecule has 0 saturated carbocycles. The monoisotopic (exact) mass is 445 g/mol. The molecular weight excluding hydrogens is 402 g/mol. The first-order valence-electron chi connectivity index (χ1n) is 11.3. The average molecular weight is 446 g/mol. The molecule has 2 rings (SSSR count). The number of carboxylic acid groups (broad SMARTS) is 3. The molecule has 0 aromatic rings. The van der Waals surface area contributed by atoms with Crippen LogP contribution in [0.5, 0.6) is 0 Å². The molecule has 2 amide bonds. The van der Waals surface area contributed by atoms with Crippen LogP contribution < -0.4 is 0 Å². The maximum Gasteiger partial charge on any atom is 0.407 e. The van der Waals surface area contributed by atoms with E-state index in [0.717, 1.165) is 44.9 Å². The minimum Gasteiger partial charge on any atom is -0.481 e. The Labute approximate surface area is 187 Å². The first-order chi connectivity index (χ1) is 14.3. The topological polar surface area (TPSA) is 122 Å². The second-order valence-corrected chi connectivity index (χ2v) is 9.24. The van der Waals surface area contributed by atoms with Crippen molar-refractivity contribution in [1.29, 1.82) is 0 Å². The van der Waals surface area contributed by atoms with E-state index in [1.807, 2.05) is 13.8 Å². The first kappa shape index (κ1) is 29.0. The maximum atomic E-state index is 10.6. The number of nitrogens with zero attached hydrogens (tertiary/aromatic N) is 3. The summed E-state index contributed by atoms with van der Waals surface area (Å²) in [5, 5.41) is 25.4. The van der Waals surface area contributed by atoms with Crippen molar-refractivity contribution in [3.05, 3.63) is 0 Å². The van der Waals surface area contributed by atoms with Crippen LogP contribution in [-0.2, 0) is 4.79 Å². The van der Waals surface area contributed by atoms with E-state index in [0.29, 0.717) is 25.0 Å². The Balaban J connectivity index is 0.000000454. The molecule has 2 fully saturated rings. The van der Waals surface area contributed by atoms with Gasteiger partial charge in [-0.3, -0.25) is 9.69 Å². The van der Waals surface area contributed by atoms with Crippen LogP contribution in [0.3, 0.4) is 0 Å². The summed E-state index contributed by atoms with van der Waals surface area (Å²) in [7, 11) is 0. The molecule has 0 atom stereocenters. The van der Waals surface area contributed by atoms with Crippen LogP contribution in [0, 0.1) is 17.8 Å². The normalized spacial score (nSPS) is 17.7. The van der Waals surface area contributed by atoms with Crippen LogP contribution >= 0.6 is 0 Å². The average Bonchev–Trinajstić information content (AvgIpc) is 2.68. The fourth-order valence-electron chi connectivity index (χ4n) is 3.54. The second kappa shape index (κ2) is 14.9. The Bertz CT molecular complexity index is 499. The molecule has 182 valence electrons. The molecule has 0 aromatic carbocycles. The summed E-state index contributed by atoms with van der Waals surface area (Å²) >= 11 is 0. The van der Waals surface area contributed by atoms with Gasteiger partial charge in [0.2, 0.25) is 0 Å². The van der Waals surface area contributed by atoms with E-state index in [4.69, 9.17) is 15.3 Å². The molecule has 9 heteroatoms. The van der Waals surface area contributed by atoms with Crippen molar-refractivity contribution in [2.45, 2.75) is 66.8 Å². The first-order valence-corrected chi connectivity index (χ1v) is 11.3. The smallest absolute Gasteiger partial charge is 0.407 e. The largest absolute Gasteiger partial charge is 0.481 e. The highest BCUT2D eigenvalue weighted by Gasteiger charge is 2.24. The van der Waals surface area contributed by atoms with Gasteiger partial charge >= 0.3 is 18.2 Å². The van der Waals surface area contributed by atoms with E-state index >= 15 is 0 Å². The van der Waals surface area contributed by atoms with Gasteiger partial charge in [0.25, 0.3) is 0 Å². The Kier molecular flexibility index (Phi) is 13.9. The van der Waals surface area contributed by atoms with Crippen LogP contribution in [-0.4, -0.2) is 93.5 Å². The zero-order valence-electron chi connectivity index (χ0n) is 20.1. The number of piperidine rings is 1. The quantitative estimate of drug-likeness (QED) is 0.601. The molecule has 2 saturated heterocycles. The third-order valence-electron chi connectivity index (χ3n) is 5.65. The molecule has 2 aliphatic heterocycles. The number of aliphatic carboxylic acids is 1. The Morgan fingerprint density at radius 3 is 1.42 bits per heavy atom. The van der Waals surface area contributed by atoms with Gasteiger partial charge < -0.3 is 25.1 Å². The van der Waals surface area contributed by atoms with E-state index < -0.39 is 18.2 Å². The molecule has 9 nitrogen and oxygen atoms in total. The number of hydrogen-bond acceptors (Lipinski definition) is 4. The summed E-state index contributed by atoms with van der Waals surface area (Å²) in [6.45, 7) is 16.9. The van der Waals surface area contributed by atoms with Crippen LogP contribution in [0.15, 0.2) is 0 Å². The number of hydrogen-bond donors (Lipinski definition) is 3. The van der Waals surface area contributed by atoms with Crippen molar-refractivity contribution < 1.29 is 29.7 Å². The van der Waals surface area contributed by atoms with Gasteiger partial charge in [0.05, 0.1) is 0 Å². The van der Waals surface area contributed by atoms with Crippen LogP contribution in [0.25, 0.3) is 0 Å². The van der Waals surface area contributed by atoms with Crippen molar-refractivity contribution in [1.82, 2.24) is 14.7 Å². The van der Waals surface area contributed by atoms with Crippen molar-refractivity contribution in [3.8, 4) is 0 Å². The second-order valence-electron chi connectivity index (χ2n) is 9.24. The van der Waals surface area contributed by atoms with E-state index in [2.05, 4.69) is 32.6 Å². The molecule has 0 unspecified atom stereocenters.